The minimum atomic E-state index is -0.265. The van der Waals surface area contributed by atoms with Gasteiger partial charge in [-0.1, -0.05) is 128 Å². The topological polar surface area (TPSA) is 26.3 Å². The second-order valence-corrected chi connectivity index (χ2v) is 11.5. The number of hydrogen-bond donors (Lipinski definition) is 0. The van der Waals surface area contributed by atoms with E-state index in [2.05, 4.69) is 38.1 Å². The summed E-state index contributed by atoms with van der Waals surface area (Å²) in [7, 11) is 0. The highest BCUT2D eigenvalue weighted by Gasteiger charge is 2.33. The van der Waals surface area contributed by atoms with E-state index in [0.717, 1.165) is 6.42 Å². The summed E-state index contributed by atoms with van der Waals surface area (Å²) >= 11 is 0. The van der Waals surface area contributed by atoms with E-state index in [1.165, 1.54) is 127 Å². The summed E-state index contributed by atoms with van der Waals surface area (Å²) in [5, 5.41) is 0. The van der Waals surface area contributed by atoms with Crippen LogP contribution in [0.25, 0.3) is 0 Å². The SMILES string of the molecule is CCCCCCCCc1ccc(C(=O)Oc2ccc(C3(CCCCCCCC)CCCCC3)cc2)cc1. The van der Waals surface area contributed by atoms with Crippen LogP contribution < -0.4 is 4.74 Å². The highest BCUT2D eigenvalue weighted by molar-refractivity contribution is 5.91. The Labute approximate surface area is 227 Å². The normalized spacial score (nSPS) is 15.0. The first-order valence-electron chi connectivity index (χ1n) is 15.6. The van der Waals surface area contributed by atoms with Crippen molar-refractivity contribution >= 4 is 5.97 Å². The van der Waals surface area contributed by atoms with Gasteiger partial charge < -0.3 is 4.74 Å². The summed E-state index contributed by atoms with van der Waals surface area (Å²) in [6, 6.07) is 16.5. The van der Waals surface area contributed by atoms with Gasteiger partial charge in [0.15, 0.2) is 0 Å². The van der Waals surface area contributed by atoms with Crippen molar-refractivity contribution in [3.05, 3.63) is 65.2 Å². The van der Waals surface area contributed by atoms with Crippen LogP contribution in [0.2, 0.25) is 0 Å². The lowest BCUT2D eigenvalue weighted by Gasteiger charge is -2.38. The lowest BCUT2D eigenvalue weighted by molar-refractivity contribution is 0.0734. The third kappa shape index (κ3) is 9.95. The number of esters is 1. The number of carbonyl (C=O) groups is 1. The van der Waals surface area contributed by atoms with Gasteiger partial charge in [0.1, 0.15) is 5.75 Å². The molecule has 204 valence electrons. The van der Waals surface area contributed by atoms with Crippen molar-refractivity contribution in [2.45, 2.75) is 141 Å². The Morgan fingerprint density at radius 3 is 1.86 bits per heavy atom. The number of unbranched alkanes of at least 4 members (excludes halogenated alkanes) is 10. The van der Waals surface area contributed by atoms with Crippen LogP contribution in [0.3, 0.4) is 0 Å². The molecule has 2 heteroatoms. The molecule has 1 aliphatic carbocycles. The van der Waals surface area contributed by atoms with Crippen LogP contribution in [0.4, 0.5) is 0 Å². The molecule has 1 aliphatic rings. The third-order valence-electron chi connectivity index (χ3n) is 8.51. The lowest BCUT2D eigenvalue weighted by Crippen LogP contribution is -2.29. The van der Waals surface area contributed by atoms with Gasteiger partial charge in [0, 0.05) is 0 Å². The first-order valence-corrected chi connectivity index (χ1v) is 15.6. The van der Waals surface area contributed by atoms with Crippen molar-refractivity contribution < 1.29 is 9.53 Å². The predicted octanol–water partition coefficient (Wildman–Crippen LogP) is 10.8. The van der Waals surface area contributed by atoms with E-state index in [1.807, 2.05) is 24.3 Å². The van der Waals surface area contributed by atoms with Crippen molar-refractivity contribution in [3.63, 3.8) is 0 Å². The fraction of sp³-hybridized carbons (Fsp3) is 0.629. The molecule has 0 unspecified atom stereocenters. The molecule has 0 aromatic heterocycles. The number of aryl methyl sites for hydroxylation is 1. The molecule has 0 amide bonds. The van der Waals surface area contributed by atoms with Gasteiger partial charge in [-0.2, -0.15) is 0 Å². The monoisotopic (exact) mass is 504 g/mol. The quantitative estimate of drug-likeness (QED) is 0.122. The van der Waals surface area contributed by atoms with E-state index in [-0.39, 0.29) is 5.97 Å². The van der Waals surface area contributed by atoms with Crippen molar-refractivity contribution in [1.29, 1.82) is 0 Å². The predicted molar refractivity (Wildman–Crippen MR) is 158 cm³/mol. The average Bonchev–Trinajstić information content (AvgIpc) is 2.94. The summed E-state index contributed by atoms with van der Waals surface area (Å²) in [6.45, 7) is 4.54. The zero-order valence-corrected chi connectivity index (χ0v) is 23.9. The Balaban J connectivity index is 1.50. The zero-order valence-electron chi connectivity index (χ0n) is 23.9. The fourth-order valence-electron chi connectivity index (χ4n) is 6.11. The van der Waals surface area contributed by atoms with Gasteiger partial charge in [-0.05, 0) is 72.9 Å². The van der Waals surface area contributed by atoms with Crippen molar-refractivity contribution in [1.82, 2.24) is 0 Å². The van der Waals surface area contributed by atoms with E-state index in [4.69, 9.17) is 4.74 Å². The maximum atomic E-state index is 12.8. The first-order chi connectivity index (χ1) is 18.2. The third-order valence-corrected chi connectivity index (χ3v) is 8.51. The number of benzene rings is 2. The van der Waals surface area contributed by atoms with Crippen LogP contribution in [0.5, 0.6) is 5.75 Å². The standard InChI is InChI=1S/C35H52O2/c1-3-5-7-9-11-14-18-30-19-21-31(22-20-30)34(36)37-33-25-23-32(24-26-33)35(28-16-13-17-29-35)27-15-12-10-8-6-4-2/h19-26H,3-18,27-29H2,1-2H3. The van der Waals surface area contributed by atoms with E-state index < -0.39 is 0 Å². The van der Waals surface area contributed by atoms with Crippen molar-refractivity contribution in [2.24, 2.45) is 0 Å². The second-order valence-electron chi connectivity index (χ2n) is 11.5. The van der Waals surface area contributed by atoms with Gasteiger partial charge in [0.2, 0.25) is 0 Å². The smallest absolute Gasteiger partial charge is 0.343 e. The Morgan fingerprint density at radius 1 is 0.676 bits per heavy atom. The van der Waals surface area contributed by atoms with Crippen LogP contribution in [0.1, 0.15) is 151 Å². The van der Waals surface area contributed by atoms with Gasteiger partial charge in [-0.25, -0.2) is 4.79 Å². The van der Waals surface area contributed by atoms with Crippen LogP contribution in [-0.4, -0.2) is 5.97 Å². The van der Waals surface area contributed by atoms with Gasteiger partial charge in [-0.3, -0.25) is 0 Å². The molecule has 0 saturated heterocycles. The molecule has 0 bridgehead atoms. The summed E-state index contributed by atoms with van der Waals surface area (Å²) in [6.07, 6.45) is 25.0. The highest BCUT2D eigenvalue weighted by atomic mass is 16.5. The van der Waals surface area contributed by atoms with Crippen molar-refractivity contribution in [3.8, 4) is 5.75 Å². The Kier molecular flexibility index (Phi) is 13.3. The van der Waals surface area contributed by atoms with Gasteiger partial charge >= 0.3 is 5.97 Å². The maximum Gasteiger partial charge on any atom is 0.343 e. The Morgan fingerprint density at radius 2 is 1.24 bits per heavy atom. The molecule has 0 atom stereocenters. The molecule has 0 heterocycles. The molecule has 1 fully saturated rings. The Bertz CT molecular complexity index is 874. The summed E-state index contributed by atoms with van der Waals surface area (Å²) < 4.78 is 5.75. The Hall–Kier alpha value is -2.09. The maximum absolute atomic E-state index is 12.8. The second kappa shape index (κ2) is 16.7. The molecular formula is C35H52O2. The summed E-state index contributed by atoms with van der Waals surface area (Å²) in [5.74, 6) is 0.383. The van der Waals surface area contributed by atoms with Crippen LogP contribution in [-0.2, 0) is 11.8 Å². The molecule has 0 spiro atoms. The van der Waals surface area contributed by atoms with E-state index in [1.54, 1.807) is 0 Å². The lowest BCUT2D eigenvalue weighted by atomic mass is 9.66. The molecule has 2 aromatic rings. The molecule has 0 radical (unpaired) electrons. The molecule has 0 N–H and O–H groups in total. The van der Waals surface area contributed by atoms with E-state index in [0.29, 0.717) is 16.7 Å². The summed E-state index contributed by atoms with van der Waals surface area (Å²) in [5.41, 5.74) is 3.69. The van der Waals surface area contributed by atoms with E-state index >= 15 is 0 Å². The zero-order chi connectivity index (χ0) is 26.2. The van der Waals surface area contributed by atoms with Gasteiger partial charge in [0.05, 0.1) is 5.56 Å². The number of carbonyl (C=O) groups excluding carboxylic acids is 1. The molecular weight excluding hydrogens is 452 g/mol. The molecule has 1 saturated carbocycles. The molecule has 0 aliphatic heterocycles. The van der Waals surface area contributed by atoms with Gasteiger partial charge in [0.25, 0.3) is 0 Å². The summed E-state index contributed by atoms with van der Waals surface area (Å²) in [4.78, 5) is 12.8. The molecule has 2 nitrogen and oxygen atoms in total. The van der Waals surface area contributed by atoms with Crippen LogP contribution in [0, 0.1) is 0 Å². The molecule has 3 rings (SSSR count). The molecule has 2 aromatic carbocycles. The number of ether oxygens (including phenoxy) is 1. The first kappa shape index (κ1) is 29.5. The number of hydrogen-bond acceptors (Lipinski definition) is 2. The average molecular weight is 505 g/mol. The fourth-order valence-corrected chi connectivity index (χ4v) is 6.11. The highest BCUT2D eigenvalue weighted by Crippen LogP contribution is 2.44. The minimum Gasteiger partial charge on any atom is -0.423 e. The minimum absolute atomic E-state index is 0.265. The molecule has 37 heavy (non-hydrogen) atoms. The van der Waals surface area contributed by atoms with Gasteiger partial charge in [-0.15, -0.1) is 0 Å². The van der Waals surface area contributed by atoms with Crippen molar-refractivity contribution in [2.75, 3.05) is 0 Å². The number of rotatable bonds is 17. The van der Waals surface area contributed by atoms with E-state index in [9.17, 15) is 4.79 Å². The largest absolute Gasteiger partial charge is 0.423 e. The van der Waals surface area contributed by atoms with Crippen LogP contribution in [0.15, 0.2) is 48.5 Å². The van der Waals surface area contributed by atoms with Crippen LogP contribution >= 0.6 is 0 Å².